The van der Waals surface area contributed by atoms with E-state index >= 15 is 0 Å². The maximum atomic E-state index is 10.8. The lowest BCUT2D eigenvalue weighted by atomic mass is 10.2. The third-order valence-corrected chi connectivity index (χ3v) is 1.64. The maximum absolute atomic E-state index is 10.8. The monoisotopic (exact) mass is 238 g/mol. The number of phenolic OH excluding ortho intramolecular Hbond substituents is 1. The van der Waals surface area contributed by atoms with Crippen molar-refractivity contribution in [3.8, 4) is 5.75 Å². The summed E-state index contributed by atoms with van der Waals surface area (Å²) in [5.41, 5.74) is 5.82. The van der Waals surface area contributed by atoms with E-state index in [0.717, 1.165) is 0 Å². The van der Waals surface area contributed by atoms with Gasteiger partial charge in [-0.1, -0.05) is 0 Å². The van der Waals surface area contributed by atoms with E-state index in [1.807, 2.05) is 0 Å². The largest absolute Gasteiger partial charge is 0.506 e. The van der Waals surface area contributed by atoms with Gasteiger partial charge in [-0.2, -0.15) is 0 Å². The second kappa shape index (κ2) is 5.17. The molecule has 0 heterocycles. The van der Waals surface area contributed by atoms with E-state index in [1.165, 1.54) is 25.1 Å². The van der Waals surface area contributed by atoms with Crippen molar-refractivity contribution in [3.05, 3.63) is 18.2 Å². The van der Waals surface area contributed by atoms with E-state index in [4.69, 9.17) is 5.73 Å². The number of nitrogens with two attached hydrogens (primary N) is 1. The van der Waals surface area contributed by atoms with Crippen LogP contribution in [0.2, 0.25) is 0 Å². The van der Waals surface area contributed by atoms with Gasteiger partial charge in [-0.3, -0.25) is 4.79 Å². The summed E-state index contributed by atoms with van der Waals surface area (Å²) in [5.74, 6) is -0.344. The number of aromatic hydroxyl groups is 1. The molecule has 84 valence electrons. The highest BCUT2D eigenvalue weighted by Gasteiger charge is 2.03. The van der Waals surface area contributed by atoms with Gasteiger partial charge in [-0.25, -0.2) is 0 Å². The van der Waals surface area contributed by atoms with Crippen LogP contribution in [0.3, 0.4) is 0 Å². The van der Waals surface area contributed by atoms with Gasteiger partial charge in [-0.05, 0) is 30.4 Å². The summed E-state index contributed by atoms with van der Waals surface area (Å²) in [6, 6.07) is 4.36. The lowest BCUT2D eigenvalue weighted by Crippen LogP contribution is -2.05. The quantitative estimate of drug-likeness (QED) is 0.414. The molecule has 1 amide bonds. The summed E-state index contributed by atoms with van der Waals surface area (Å²) in [4.78, 5) is 10.8. The standard InChI is InChI=1S/C9H10N4O2S/c1-5(14)11-7-4-6(2-3-8(7)15)12-13-9(10)16/h2-4,15H,1H3,(H2,10,16)(H,11,14). The van der Waals surface area contributed by atoms with Crippen LogP contribution in [0.15, 0.2) is 28.4 Å². The van der Waals surface area contributed by atoms with E-state index in [9.17, 15) is 9.90 Å². The van der Waals surface area contributed by atoms with Crippen LogP contribution < -0.4 is 11.1 Å². The third kappa shape index (κ3) is 3.62. The van der Waals surface area contributed by atoms with E-state index in [-0.39, 0.29) is 22.5 Å². The maximum Gasteiger partial charge on any atom is 0.221 e. The number of nitrogens with zero attached hydrogens (tertiary/aromatic N) is 2. The van der Waals surface area contributed by atoms with Crippen LogP contribution in [0.1, 0.15) is 6.92 Å². The van der Waals surface area contributed by atoms with Crippen molar-refractivity contribution in [1.82, 2.24) is 0 Å². The molecular weight excluding hydrogens is 228 g/mol. The van der Waals surface area contributed by atoms with Crippen molar-refractivity contribution in [2.75, 3.05) is 5.32 Å². The smallest absolute Gasteiger partial charge is 0.221 e. The SMILES string of the molecule is CC(=O)Nc1cc(N=NC(N)=S)ccc1O. The van der Waals surface area contributed by atoms with E-state index in [0.29, 0.717) is 5.69 Å². The lowest BCUT2D eigenvalue weighted by Gasteiger charge is -2.04. The van der Waals surface area contributed by atoms with Crippen molar-refractivity contribution in [2.45, 2.75) is 6.92 Å². The van der Waals surface area contributed by atoms with Gasteiger partial charge in [0.2, 0.25) is 11.0 Å². The zero-order chi connectivity index (χ0) is 12.1. The first-order chi connectivity index (χ1) is 7.49. The summed E-state index contributed by atoms with van der Waals surface area (Å²) < 4.78 is 0. The highest BCUT2D eigenvalue weighted by Crippen LogP contribution is 2.28. The van der Waals surface area contributed by atoms with Crippen LogP contribution in [-0.2, 0) is 4.79 Å². The molecule has 0 atom stereocenters. The number of benzene rings is 1. The van der Waals surface area contributed by atoms with E-state index in [1.54, 1.807) is 0 Å². The van der Waals surface area contributed by atoms with Crippen molar-refractivity contribution >= 4 is 34.6 Å². The van der Waals surface area contributed by atoms with E-state index in [2.05, 4.69) is 27.8 Å². The van der Waals surface area contributed by atoms with Crippen LogP contribution in [0.4, 0.5) is 11.4 Å². The average molecular weight is 238 g/mol. The summed E-state index contributed by atoms with van der Waals surface area (Å²) in [6.45, 7) is 1.34. The fraction of sp³-hybridized carbons (Fsp3) is 0.111. The van der Waals surface area contributed by atoms with Crippen LogP contribution >= 0.6 is 12.2 Å². The molecule has 1 rings (SSSR count). The van der Waals surface area contributed by atoms with E-state index < -0.39 is 0 Å². The van der Waals surface area contributed by atoms with Crippen LogP contribution in [-0.4, -0.2) is 16.1 Å². The Kier molecular flexibility index (Phi) is 3.90. The zero-order valence-electron chi connectivity index (χ0n) is 8.47. The summed E-state index contributed by atoms with van der Waals surface area (Å²) in [5, 5.41) is 19.0. The number of carbonyl (C=O) groups is 1. The van der Waals surface area contributed by atoms with Crippen LogP contribution in [0, 0.1) is 0 Å². The third-order valence-electron chi connectivity index (χ3n) is 1.55. The molecule has 1 aromatic carbocycles. The fourth-order valence-electron chi connectivity index (χ4n) is 0.983. The molecule has 0 saturated heterocycles. The number of rotatable bonds is 2. The fourth-order valence-corrected chi connectivity index (χ4v) is 1.02. The molecule has 0 spiro atoms. The Labute approximate surface area is 97.2 Å². The summed E-state index contributed by atoms with van der Waals surface area (Å²) in [6.07, 6.45) is 0. The molecule has 0 aliphatic rings. The number of carbonyl (C=O) groups excluding carboxylic acids is 1. The van der Waals surface area contributed by atoms with Gasteiger partial charge in [0.05, 0.1) is 11.4 Å². The molecule has 0 aliphatic heterocycles. The Morgan fingerprint density at radius 3 is 2.81 bits per heavy atom. The molecule has 6 nitrogen and oxygen atoms in total. The van der Waals surface area contributed by atoms with Gasteiger partial charge in [-0.15, -0.1) is 10.2 Å². The topological polar surface area (TPSA) is 100 Å². The molecule has 0 bridgehead atoms. The van der Waals surface area contributed by atoms with Gasteiger partial charge in [0.1, 0.15) is 5.75 Å². The van der Waals surface area contributed by atoms with Gasteiger partial charge in [0.25, 0.3) is 0 Å². The molecular formula is C9H10N4O2S. The normalized spacial score (nSPS) is 10.3. The van der Waals surface area contributed by atoms with Crippen molar-refractivity contribution in [3.63, 3.8) is 0 Å². The molecule has 0 radical (unpaired) electrons. The van der Waals surface area contributed by atoms with Crippen LogP contribution in [0.25, 0.3) is 0 Å². The molecule has 0 aromatic heterocycles. The number of amides is 1. The molecule has 0 saturated carbocycles. The number of azo groups is 1. The van der Waals surface area contributed by atoms with Gasteiger partial charge < -0.3 is 16.2 Å². The Morgan fingerprint density at radius 2 is 2.25 bits per heavy atom. The predicted octanol–water partition coefficient (Wildman–Crippen LogP) is 1.68. The summed E-state index contributed by atoms with van der Waals surface area (Å²) >= 11 is 4.52. The second-order valence-corrected chi connectivity index (χ2v) is 3.34. The molecule has 0 unspecified atom stereocenters. The molecule has 16 heavy (non-hydrogen) atoms. The van der Waals surface area contributed by atoms with Gasteiger partial charge in [0, 0.05) is 6.92 Å². The molecule has 1 aromatic rings. The number of hydrogen-bond donors (Lipinski definition) is 3. The minimum absolute atomic E-state index is 0.0514. The minimum atomic E-state index is -0.293. The zero-order valence-corrected chi connectivity index (χ0v) is 9.28. The lowest BCUT2D eigenvalue weighted by molar-refractivity contribution is -0.114. The molecule has 0 fully saturated rings. The van der Waals surface area contributed by atoms with Crippen molar-refractivity contribution in [1.29, 1.82) is 0 Å². The number of phenols is 1. The molecule has 0 aliphatic carbocycles. The first-order valence-electron chi connectivity index (χ1n) is 4.31. The molecule has 4 N–H and O–H groups in total. The van der Waals surface area contributed by atoms with Crippen molar-refractivity contribution in [2.24, 2.45) is 16.0 Å². The minimum Gasteiger partial charge on any atom is -0.506 e. The first kappa shape index (κ1) is 12.1. The summed E-state index contributed by atoms with van der Waals surface area (Å²) in [7, 11) is 0. The average Bonchev–Trinajstić information content (AvgIpc) is 2.18. The second-order valence-electron chi connectivity index (χ2n) is 2.92. The number of thiocarbonyl (C=S) groups is 1. The Bertz CT molecular complexity index is 459. The number of anilines is 1. The highest BCUT2D eigenvalue weighted by molar-refractivity contribution is 7.80. The predicted molar refractivity (Wildman–Crippen MR) is 63.7 cm³/mol. The van der Waals surface area contributed by atoms with Crippen LogP contribution in [0.5, 0.6) is 5.75 Å². The Morgan fingerprint density at radius 1 is 1.56 bits per heavy atom. The van der Waals surface area contributed by atoms with Gasteiger partial charge in [0.15, 0.2) is 0 Å². The number of nitrogens with one attached hydrogen (secondary N) is 1. The number of hydrogen-bond acceptors (Lipinski definition) is 4. The first-order valence-corrected chi connectivity index (χ1v) is 4.71. The van der Waals surface area contributed by atoms with Crippen molar-refractivity contribution < 1.29 is 9.90 Å². The molecule has 7 heteroatoms. The Balaban J connectivity index is 2.97. The van der Waals surface area contributed by atoms with Gasteiger partial charge >= 0.3 is 0 Å². The Hall–Kier alpha value is -2.02. The highest BCUT2D eigenvalue weighted by atomic mass is 32.1.